The van der Waals surface area contributed by atoms with E-state index in [0.717, 1.165) is 10.5 Å². The molecule has 1 N–H and O–H groups in total. The Morgan fingerprint density at radius 2 is 1.79 bits per heavy atom. The molecule has 8 nitrogen and oxygen atoms in total. The number of halogens is 1. The zero-order valence-electron chi connectivity index (χ0n) is 15.7. The summed E-state index contributed by atoms with van der Waals surface area (Å²) in [5.74, 6) is -2.12. The molecule has 1 saturated heterocycles. The first-order valence-electron chi connectivity index (χ1n) is 8.70. The fourth-order valence-electron chi connectivity index (χ4n) is 2.89. The van der Waals surface area contributed by atoms with Gasteiger partial charge in [0.15, 0.2) is 0 Å². The zero-order chi connectivity index (χ0) is 21.1. The number of ether oxygens (including phenoxy) is 1. The highest BCUT2D eigenvalue weighted by Gasteiger charge is 2.46. The number of carbonyl (C=O) groups excluding carboxylic acids is 4. The van der Waals surface area contributed by atoms with Gasteiger partial charge in [0, 0.05) is 5.02 Å². The van der Waals surface area contributed by atoms with E-state index < -0.39 is 36.3 Å². The van der Waals surface area contributed by atoms with E-state index in [2.05, 4.69) is 5.32 Å². The van der Waals surface area contributed by atoms with Gasteiger partial charge in [-0.1, -0.05) is 23.7 Å². The Balaban J connectivity index is 1.70. The first-order valence-corrected chi connectivity index (χ1v) is 9.08. The number of methoxy groups -OCH3 is 1. The molecule has 2 aromatic carbocycles. The Morgan fingerprint density at radius 1 is 1.10 bits per heavy atom. The summed E-state index contributed by atoms with van der Waals surface area (Å²) < 4.78 is 5.03. The lowest BCUT2D eigenvalue weighted by molar-refractivity contribution is -0.140. The van der Waals surface area contributed by atoms with Gasteiger partial charge >= 0.3 is 17.8 Å². The lowest BCUT2D eigenvalue weighted by Gasteiger charge is -2.18. The van der Waals surface area contributed by atoms with Crippen molar-refractivity contribution in [2.75, 3.05) is 18.6 Å². The number of imide groups is 2. The van der Waals surface area contributed by atoms with Crippen LogP contribution in [0.4, 0.5) is 10.5 Å². The van der Waals surface area contributed by atoms with Crippen molar-refractivity contribution in [1.29, 1.82) is 0 Å². The number of hydrogen-bond donors (Lipinski definition) is 1. The number of rotatable bonds is 6. The average molecular weight is 416 g/mol. The van der Waals surface area contributed by atoms with Crippen molar-refractivity contribution in [2.24, 2.45) is 0 Å². The van der Waals surface area contributed by atoms with E-state index in [1.165, 1.54) is 19.2 Å². The minimum atomic E-state index is -1.06. The SMILES string of the molecule is COc1ccc(N2C(=O)C(=O)N(CC(=O)N[C@@H](C)c3cccc(Cl)c3)C2=O)cc1. The predicted octanol–water partition coefficient (Wildman–Crippen LogP) is 2.52. The average Bonchev–Trinajstić information content (AvgIpc) is 2.91. The summed E-state index contributed by atoms with van der Waals surface area (Å²) in [6.07, 6.45) is 0. The normalized spacial score (nSPS) is 14.9. The Hall–Kier alpha value is -3.39. The molecule has 3 rings (SSSR count). The van der Waals surface area contributed by atoms with Crippen LogP contribution in [0.25, 0.3) is 0 Å². The highest BCUT2D eigenvalue weighted by molar-refractivity contribution is 6.53. The van der Waals surface area contributed by atoms with Crippen LogP contribution in [0.1, 0.15) is 18.5 Å². The van der Waals surface area contributed by atoms with E-state index in [9.17, 15) is 19.2 Å². The minimum absolute atomic E-state index is 0.212. The van der Waals surface area contributed by atoms with Crippen molar-refractivity contribution in [3.05, 3.63) is 59.1 Å². The monoisotopic (exact) mass is 415 g/mol. The number of urea groups is 1. The topological polar surface area (TPSA) is 96.0 Å². The lowest BCUT2D eigenvalue weighted by atomic mass is 10.1. The number of nitrogens with one attached hydrogen (secondary N) is 1. The molecule has 1 aliphatic heterocycles. The van der Waals surface area contributed by atoms with Crippen molar-refractivity contribution in [1.82, 2.24) is 10.2 Å². The summed E-state index contributed by atoms with van der Waals surface area (Å²) in [6, 6.07) is 11.7. The summed E-state index contributed by atoms with van der Waals surface area (Å²) in [5, 5.41) is 3.21. The lowest BCUT2D eigenvalue weighted by Crippen LogP contribution is -2.42. The van der Waals surface area contributed by atoms with Gasteiger partial charge in [-0.15, -0.1) is 0 Å². The summed E-state index contributed by atoms with van der Waals surface area (Å²) >= 11 is 5.95. The standard InChI is InChI=1S/C20H18ClN3O5/c1-12(13-4-3-5-14(21)10-13)22-17(25)11-23-18(26)19(27)24(20(23)28)15-6-8-16(29-2)9-7-15/h3-10,12H,11H2,1-2H3,(H,22,25)/t12-/m0/s1. The molecule has 0 aliphatic carbocycles. The van der Waals surface area contributed by atoms with Crippen LogP contribution in [0.15, 0.2) is 48.5 Å². The van der Waals surface area contributed by atoms with Gasteiger partial charge in [-0.05, 0) is 48.9 Å². The third-order valence-electron chi connectivity index (χ3n) is 4.41. The van der Waals surface area contributed by atoms with Crippen molar-refractivity contribution >= 4 is 41.0 Å². The first-order chi connectivity index (χ1) is 13.8. The van der Waals surface area contributed by atoms with Gasteiger partial charge in [0.1, 0.15) is 12.3 Å². The van der Waals surface area contributed by atoms with Gasteiger partial charge in [0.05, 0.1) is 18.8 Å². The van der Waals surface area contributed by atoms with Crippen molar-refractivity contribution in [3.8, 4) is 5.75 Å². The molecule has 1 fully saturated rings. The molecular formula is C20H18ClN3O5. The summed E-state index contributed by atoms with van der Waals surface area (Å²) in [4.78, 5) is 50.8. The second-order valence-electron chi connectivity index (χ2n) is 6.36. The van der Waals surface area contributed by atoms with Crippen LogP contribution >= 0.6 is 11.6 Å². The molecular weight excluding hydrogens is 398 g/mol. The molecule has 150 valence electrons. The Labute approximate surface area is 172 Å². The van der Waals surface area contributed by atoms with E-state index >= 15 is 0 Å². The van der Waals surface area contributed by atoms with Gasteiger partial charge in [-0.3, -0.25) is 14.4 Å². The second kappa shape index (κ2) is 8.32. The maximum Gasteiger partial charge on any atom is 0.339 e. The summed E-state index contributed by atoms with van der Waals surface area (Å²) in [7, 11) is 1.48. The Bertz CT molecular complexity index is 976. The third kappa shape index (κ3) is 4.22. The molecule has 0 unspecified atom stereocenters. The molecule has 5 amide bonds. The number of carbonyl (C=O) groups is 4. The van der Waals surface area contributed by atoms with Gasteiger partial charge in [-0.2, -0.15) is 0 Å². The maximum absolute atomic E-state index is 12.6. The quantitative estimate of drug-likeness (QED) is 0.577. The van der Waals surface area contributed by atoms with Crippen LogP contribution < -0.4 is 15.0 Å². The first kappa shape index (κ1) is 20.3. The molecule has 0 radical (unpaired) electrons. The van der Waals surface area contributed by atoms with Crippen molar-refractivity contribution in [3.63, 3.8) is 0 Å². The molecule has 0 bridgehead atoms. The summed E-state index contributed by atoms with van der Waals surface area (Å²) in [6.45, 7) is 1.17. The Kier molecular flexibility index (Phi) is 5.84. The van der Waals surface area contributed by atoms with Gasteiger partial charge in [0.25, 0.3) is 0 Å². The van der Waals surface area contributed by atoms with Crippen LogP contribution in [0, 0.1) is 0 Å². The molecule has 29 heavy (non-hydrogen) atoms. The molecule has 0 aromatic heterocycles. The van der Waals surface area contributed by atoms with E-state index in [0.29, 0.717) is 15.7 Å². The minimum Gasteiger partial charge on any atom is -0.497 e. The number of hydrogen-bond acceptors (Lipinski definition) is 5. The number of anilines is 1. The van der Waals surface area contributed by atoms with Crippen LogP contribution in [0.2, 0.25) is 5.02 Å². The third-order valence-corrected chi connectivity index (χ3v) is 4.65. The maximum atomic E-state index is 12.6. The van der Waals surface area contributed by atoms with Crippen LogP contribution in [-0.4, -0.2) is 42.3 Å². The van der Waals surface area contributed by atoms with Crippen LogP contribution in [-0.2, 0) is 14.4 Å². The molecule has 0 spiro atoms. The number of benzene rings is 2. The predicted molar refractivity (Wildman–Crippen MR) is 106 cm³/mol. The van der Waals surface area contributed by atoms with Gasteiger partial charge < -0.3 is 10.1 Å². The van der Waals surface area contributed by atoms with Crippen molar-refractivity contribution < 1.29 is 23.9 Å². The van der Waals surface area contributed by atoms with Crippen LogP contribution in [0.3, 0.4) is 0 Å². The van der Waals surface area contributed by atoms with Gasteiger partial charge in [-0.25, -0.2) is 14.6 Å². The van der Waals surface area contributed by atoms with Crippen molar-refractivity contribution in [2.45, 2.75) is 13.0 Å². The smallest absolute Gasteiger partial charge is 0.339 e. The molecule has 0 saturated carbocycles. The molecule has 1 aliphatic rings. The highest BCUT2D eigenvalue weighted by atomic mass is 35.5. The van der Waals surface area contributed by atoms with Gasteiger partial charge in [0.2, 0.25) is 5.91 Å². The van der Waals surface area contributed by atoms with E-state index in [4.69, 9.17) is 16.3 Å². The zero-order valence-corrected chi connectivity index (χ0v) is 16.5. The van der Waals surface area contributed by atoms with E-state index in [-0.39, 0.29) is 5.69 Å². The molecule has 9 heteroatoms. The molecule has 1 heterocycles. The van der Waals surface area contributed by atoms with Crippen LogP contribution in [0.5, 0.6) is 5.75 Å². The molecule has 2 aromatic rings. The summed E-state index contributed by atoms with van der Waals surface area (Å²) in [5.41, 5.74) is 0.977. The number of nitrogens with zero attached hydrogens (tertiary/aromatic N) is 2. The molecule has 1 atom stereocenters. The fraction of sp³-hybridized carbons (Fsp3) is 0.200. The highest BCUT2D eigenvalue weighted by Crippen LogP contribution is 2.24. The fourth-order valence-corrected chi connectivity index (χ4v) is 3.09. The van der Waals surface area contributed by atoms with E-state index in [1.54, 1.807) is 43.3 Å². The number of amides is 5. The largest absolute Gasteiger partial charge is 0.497 e. The Morgan fingerprint density at radius 3 is 2.41 bits per heavy atom. The van der Waals surface area contributed by atoms with E-state index in [1.807, 2.05) is 0 Å². The second-order valence-corrected chi connectivity index (χ2v) is 6.79.